The van der Waals surface area contributed by atoms with Crippen molar-refractivity contribution in [1.82, 2.24) is 19.8 Å². The molecule has 0 unspecified atom stereocenters. The SMILES string of the molecule is C=CC(=O)N1CCc2ccc(C(=O)N3CC[C@@H](Nc4ncc(OC)cn4)C3)cc2C1. The van der Waals surface area contributed by atoms with Gasteiger partial charge in [0.05, 0.1) is 19.5 Å². The monoisotopic (exact) mass is 407 g/mol. The lowest BCUT2D eigenvalue weighted by Crippen LogP contribution is -2.35. The van der Waals surface area contributed by atoms with Crippen LogP contribution in [0.3, 0.4) is 0 Å². The molecule has 2 aliphatic heterocycles. The summed E-state index contributed by atoms with van der Waals surface area (Å²) in [5.41, 5.74) is 2.88. The van der Waals surface area contributed by atoms with E-state index in [1.807, 2.05) is 23.1 Å². The first kappa shape index (κ1) is 19.9. The van der Waals surface area contributed by atoms with Crippen LogP contribution in [0.25, 0.3) is 0 Å². The van der Waals surface area contributed by atoms with Gasteiger partial charge in [-0.2, -0.15) is 0 Å². The van der Waals surface area contributed by atoms with Crippen LogP contribution in [-0.2, 0) is 17.8 Å². The minimum Gasteiger partial charge on any atom is -0.494 e. The van der Waals surface area contributed by atoms with Crippen molar-refractivity contribution in [2.24, 2.45) is 0 Å². The molecule has 8 nitrogen and oxygen atoms in total. The van der Waals surface area contributed by atoms with Crippen molar-refractivity contribution in [3.8, 4) is 5.75 Å². The molecule has 0 saturated carbocycles. The van der Waals surface area contributed by atoms with Gasteiger partial charge in [0, 0.05) is 37.8 Å². The van der Waals surface area contributed by atoms with Crippen LogP contribution in [0.1, 0.15) is 27.9 Å². The number of carbonyl (C=O) groups excluding carboxylic acids is 2. The first-order valence-electron chi connectivity index (χ1n) is 10.0. The molecule has 1 fully saturated rings. The highest BCUT2D eigenvalue weighted by Gasteiger charge is 2.28. The first-order chi connectivity index (χ1) is 14.6. The summed E-state index contributed by atoms with van der Waals surface area (Å²) in [5, 5.41) is 3.28. The summed E-state index contributed by atoms with van der Waals surface area (Å²) in [5.74, 6) is 1.05. The summed E-state index contributed by atoms with van der Waals surface area (Å²) >= 11 is 0. The Kier molecular flexibility index (Phi) is 5.65. The molecule has 0 aliphatic carbocycles. The summed E-state index contributed by atoms with van der Waals surface area (Å²) in [6.45, 7) is 6.02. The van der Waals surface area contributed by atoms with E-state index >= 15 is 0 Å². The zero-order valence-electron chi connectivity index (χ0n) is 17.0. The highest BCUT2D eigenvalue weighted by Crippen LogP contribution is 2.23. The van der Waals surface area contributed by atoms with Gasteiger partial charge in [-0.3, -0.25) is 9.59 Å². The second-order valence-electron chi connectivity index (χ2n) is 7.53. The quantitative estimate of drug-likeness (QED) is 0.762. The number of likely N-dealkylation sites (tertiary alicyclic amines) is 1. The molecule has 0 spiro atoms. The number of hydrogen-bond donors (Lipinski definition) is 1. The van der Waals surface area contributed by atoms with Crippen LogP contribution in [-0.4, -0.2) is 64.4 Å². The molecule has 0 radical (unpaired) electrons. The van der Waals surface area contributed by atoms with Crippen molar-refractivity contribution in [3.63, 3.8) is 0 Å². The predicted molar refractivity (Wildman–Crippen MR) is 112 cm³/mol. The molecule has 1 aromatic carbocycles. The van der Waals surface area contributed by atoms with Crippen LogP contribution in [0.2, 0.25) is 0 Å². The van der Waals surface area contributed by atoms with Crippen LogP contribution in [0.15, 0.2) is 43.2 Å². The van der Waals surface area contributed by atoms with Gasteiger partial charge in [-0.1, -0.05) is 12.6 Å². The average molecular weight is 407 g/mol. The van der Waals surface area contributed by atoms with E-state index in [4.69, 9.17) is 4.74 Å². The molecule has 1 aromatic heterocycles. The van der Waals surface area contributed by atoms with Crippen molar-refractivity contribution in [2.45, 2.75) is 25.4 Å². The summed E-state index contributed by atoms with van der Waals surface area (Å²) < 4.78 is 5.07. The molecule has 2 aromatic rings. The molecule has 0 bridgehead atoms. The molecule has 1 N–H and O–H groups in total. The van der Waals surface area contributed by atoms with Gasteiger partial charge in [0.2, 0.25) is 11.9 Å². The fourth-order valence-electron chi connectivity index (χ4n) is 3.93. The normalized spacial score (nSPS) is 18.0. The smallest absolute Gasteiger partial charge is 0.253 e. The van der Waals surface area contributed by atoms with Gasteiger partial charge in [0.25, 0.3) is 5.91 Å². The minimum absolute atomic E-state index is 0.00456. The molecule has 1 atom stereocenters. The van der Waals surface area contributed by atoms with Gasteiger partial charge in [-0.25, -0.2) is 9.97 Å². The number of carbonyl (C=O) groups is 2. The topological polar surface area (TPSA) is 87.7 Å². The third-order valence-corrected chi connectivity index (χ3v) is 5.62. The number of anilines is 1. The van der Waals surface area contributed by atoms with Gasteiger partial charge >= 0.3 is 0 Å². The Morgan fingerprint density at radius 3 is 2.73 bits per heavy atom. The molecule has 3 heterocycles. The molecule has 8 heteroatoms. The van der Waals surface area contributed by atoms with E-state index < -0.39 is 0 Å². The second kappa shape index (κ2) is 8.52. The van der Waals surface area contributed by atoms with Crippen molar-refractivity contribution in [3.05, 3.63) is 59.9 Å². The Hall–Kier alpha value is -3.42. The number of benzene rings is 1. The Bertz CT molecular complexity index is 960. The number of hydrogen-bond acceptors (Lipinski definition) is 6. The van der Waals surface area contributed by atoms with Gasteiger partial charge in [0.15, 0.2) is 5.75 Å². The molecular weight excluding hydrogens is 382 g/mol. The lowest BCUT2D eigenvalue weighted by Gasteiger charge is -2.28. The number of fused-ring (bicyclic) bond motifs is 1. The Balaban J connectivity index is 1.40. The van der Waals surface area contributed by atoms with Crippen LogP contribution in [0, 0.1) is 0 Å². The molecule has 30 heavy (non-hydrogen) atoms. The first-order valence-corrected chi connectivity index (χ1v) is 10.0. The van der Waals surface area contributed by atoms with E-state index in [2.05, 4.69) is 21.9 Å². The summed E-state index contributed by atoms with van der Waals surface area (Å²) in [6, 6.07) is 5.92. The summed E-state index contributed by atoms with van der Waals surface area (Å²) in [7, 11) is 1.57. The number of nitrogens with one attached hydrogen (secondary N) is 1. The zero-order chi connectivity index (χ0) is 21.1. The van der Waals surface area contributed by atoms with E-state index in [1.54, 1.807) is 24.4 Å². The fourth-order valence-corrected chi connectivity index (χ4v) is 3.93. The largest absolute Gasteiger partial charge is 0.494 e. The number of nitrogens with zero attached hydrogens (tertiary/aromatic N) is 4. The van der Waals surface area contributed by atoms with E-state index in [9.17, 15) is 9.59 Å². The minimum atomic E-state index is -0.0772. The van der Waals surface area contributed by atoms with Crippen LogP contribution in [0.5, 0.6) is 5.75 Å². The van der Waals surface area contributed by atoms with E-state index in [1.165, 1.54) is 11.6 Å². The van der Waals surface area contributed by atoms with E-state index in [0.29, 0.717) is 43.4 Å². The molecule has 4 rings (SSSR count). The van der Waals surface area contributed by atoms with Crippen molar-refractivity contribution in [1.29, 1.82) is 0 Å². The Labute approximate surface area is 175 Å². The lowest BCUT2D eigenvalue weighted by molar-refractivity contribution is -0.126. The molecule has 1 saturated heterocycles. The molecule has 2 aliphatic rings. The van der Waals surface area contributed by atoms with Crippen molar-refractivity contribution < 1.29 is 14.3 Å². The molecule has 156 valence electrons. The molecule has 2 amide bonds. The van der Waals surface area contributed by atoms with E-state index in [-0.39, 0.29) is 17.9 Å². The number of amides is 2. The summed E-state index contributed by atoms with van der Waals surface area (Å²) in [4.78, 5) is 37.0. The fraction of sp³-hybridized carbons (Fsp3) is 0.364. The average Bonchev–Trinajstić information content (AvgIpc) is 3.26. The number of ether oxygens (including phenoxy) is 1. The van der Waals surface area contributed by atoms with Crippen molar-refractivity contribution >= 4 is 17.8 Å². The van der Waals surface area contributed by atoms with Gasteiger partial charge in [-0.05, 0) is 42.2 Å². The maximum absolute atomic E-state index is 13.0. The zero-order valence-corrected chi connectivity index (χ0v) is 17.0. The van der Waals surface area contributed by atoms with Crippen LogP contribution in [0.4, 0.5) is 5.95 Å². The molecular formula is C22H25N5O3. The maximum Gasteiger partial charge on any atom is 0.253 e. The van der Waals surface area contributed by atoms with Gasteiger partial charge in [-0.15, -0.1) is 0 Å². The van der Waals surface area contributed by atoms with E-state index in [0.717, 1.165) is 18.4 Å². The van der Waals surface area contributed by atoms with Gasteiger partial charge < -0.3 is 19.9 Å². The number of aromatic nitrogens is 2. The number of rotatable bonds is 5. The Morgan fingerprint density at radius 2 is 2.00 bits per heavy atom. The van der Waals surface area contributed by atoms with Crippen LogP contribution < -0.4 is 10.1 Å². The predicted octanol–water partition coefficient (Wildman–Crippen LogP) is 1.88. The lowest BCUT2D eigenvalue weighted by atomic mass is 9.97. The standard InChI is InChI=1S/C22H25N5O3/c1-3-20(28)26-8-6-15-4-5-16(10-17(15)13-26)21(29)27-9-7-18(14-27)25-22-23-11-19(30-2)12-24-22/h3-5,10-12,18H,1,6-9,13-14H2,2H3,(H,23,24,25)/t18-/m1/s1. The number of methoxy groups -OCH3 is 1. The third-order valence-electron chi connectivity index (χ3n) is 5.62. The highest BCUT2D eigenvalue weighted by atomic mass is 16.5. The van der Waals surface area contributed by atoms with Gasteiger partial charge in [0.1, 0.15) is 0 Å². The van der Waals surface area contributed by atoms with Crippen molar-refractivity contribution in [2.75, 3.05) is 32.1 Å². The highest BCUT2D eigenvalue weighted by molar-refractivity contribution is 5.95. The maximum atomic E-state index is 13.0. The Morgan fingerprint density at radius 1 is 1.20 bits per heavy atom. The third kappa shape index (κ3) is 4.12. The second-order valence-corrected chi connectivity index (χ2v) is 7.53. The van der Waals surface area contributed by atoms with Crippen LogP contribution >= 0.6 is 0 Å². The summed E-state index contributed by atoms with van der Waals surface area (Å²) in [6.07, 6.45) is 6.18.